The summed E-state index contributed by atoms with van der Waals surface area (Å²) in [6.45, 7) is 2.70. The standard InChI is InChI=1S/C13H18N2O6S/c16-12-2-1-10(9-11(12)13(17)18)15-5-3-14(4-6-15)7-8-22(19,20)21/h1-2,9,16H,3-8H2,(H,17,18)(H,19,20,21). The molecule has 22 heavy (non-hydrogen) atoms. The summed E-state index contributed by atoms with van der Waals surface area (Å²) >= 11 is 0. The number of carboxylic acids is 1. The summed E-state index contributed by atoms with van der Waals surface area (Å²) in [7, 11) is -3.96. The lowest BCUT2D eigenvalue weighted by atomic mass is 10.1. The van der Waals surface area contributed by atoms with E-state index in [2.05, 4.69) is 0 Å². The van der Waals surface area contributed by atoms with Gasteiger partial charge in [-0.25, -0.2) is 4.79 Å². The number of nitrogens with zero attached hydrogens (tertiary/aromatic N) is 2. The van der Waals surface area contributed by atoms with Gasteiger partial charge in [-0.3, -0.25) is 9.45 Å². The van der Waals surface area contributed by atoms with Gasteiger partial charge in [-0.1, -0.05) is 0 Å². The second kappa shape index (κ2) is 6.51. The van der Waals surface area contributed by atoms with Crippen LogP contribution in [-0.4, -0.2) is 72.5 Å². The monoisotopic (exact) mass is 330 g/mol. The summed E-state index contributed by atoms with van der Waals surface area (Å²) < 4.78 is 30.2. The third kappa shape index (κ3) is 4.33. The normalized spacial score (nSPS) is 16.7. The molecule has 0 radical (unpaired) electrons. The van der Waals surface area contributed by atoms with Crippen LogP contribution >= 0.6 is 0 Å². The number of rotatable bonds is 5. The molecule has 0 saturated carbocycles. The van der Waals surface area contributed by atoms with E-state index in [1.54, 1.807) is 6.07 Å². The van der Waals surface area contributed by atoms with E-state index in [0.717, 1.165) is 0 Å². The number of aromatic hydroxyl groups is 1. The molecule has 1 saturated heterocycles. The number of benzene rings is 1. The molecule has 0 unspecified atom stereocenters. The molecule has 0 spiro atoms. The quantitative estimate of drug-likeness (QED) is 0.651. The average molecular weight is 330 g/mol. The number of hydrogen-bond acceptors (Lipinski definition) is 6. The minimum atomic E-state index is -3.96. The van der Waals surface area contributed by atoms with Crippen molar-refractivity contribution in [1.29, 1.82) is 0 Å². The highest BCUT2D eigenvalue weighted by molar-refractivity contribution is 7.85. The molecule has 2 rings (SSSR count). The fraction of sp³-hybridized carbons (Fsp3) is 0.462. The summed E-state index contributed by atoms with van der Waals surface area (Å²) in [6.07, 6.45) is 0. The molecule has 0 bridgehead atoms. The topological polar surface area (TPSA) is 118 Å². The molecular formula is C13H18N2O6S. The number of aromatic carboxylic acids is 1. The van der Waals surface area contributed by atoms with Crippen molar-refractivity contribution in [3.05, 3.63) is 23.8 Å². The van der Waals surface area contributed by atoms with Crippen LogP contribution in [0.3, 0.4) is 0 Å². The molecule has 1 aliphatic rings. The SMILES string of the molecule is O=C(O)c1cc(N2CCN(CCS(=O)(=O)O)CC2)ccc1O. The van der Waals surface area contributed by atoms with Gasteiger partial charge in [-0.2, -0.15) is 8.42 Å². The molecule has 0 aromatic heterocycles. The Bertz CT molecular complexity index is 652. The van der Waals surface area contributed by atoms with Crippen molar-refractivity contribution in [2.45, 2.75) is 0 Å². The van der Waals surface area contributed by atoms with Gasteiger partial charge in [0, 0.05) is 38.4 Å². The molecule has 0 atom stereocenters. The lowest BCUT2D eigenvalue weighted by molar-refractivity contribution is 0.0693. The largest absolute Gasteiger partial charge is 0.507 e. The van der Waals surface area contributed by atoms with Gasteiger partial charge in [-0.15, -0.1) is 0 Å². The lowest BCUT2D eigenvalue weighted by Gasteiger charge is -2.36. The molecule has 0 aliphatic carbocycles. The molecule has 1 aromatic rings. The van der Waals surface area contributed by atoms with Gasteiger partial charge in [0.15, 0.2) is 0 Å². The van der Waals surface area contributed by atoms with Gasteiger partial charge in [0.2, 0.25) is 0 Å². The van der Waals surface area contributed by atoms with E-state index in [1.807, 2.05) is 9.80 Å². The maximum absolute atomic E-state index is 11.0. The second-order valence-electron chi connectivity index (χ2n) is 5.12. The first-order valence-corrected chi connectivity index (χ1v) is 8.36. The lowest BCUT2D eigenvalue weighted by Crippen LogP contribution is -2.47. The van der Waals surface area contributed by atoms with Crippen molar-refractivity contribution >= 4 is 21.8 Å². The fourth-order valence-corrected chi connectivity index (χ4v) is 2.86. The van der Waals surface area contributed by atoms with E-state index in [0.29, 0.717) is 31.9 Å². The Morgan fingerprint density at radius 2 is 1.82 bits per heavy atom. The Balaban J connectivity index is 1.97. The first-order chi connectivity index (χ1) is 10.3. The Morgan fingerprint density at radius 3 is 2.36 bits per heavy atom. The van der Waals surface area contributed by atoms with Gasteiger partial charge in [-0.05, 0) is 18.2 Å². The Hall–Kier alpha value is -1.84. The molecule has 8 nitrogen and oxygen atoms in total. The first kappa shape index (κ1) is 16.5. The van der Waals surface area contributed by atoms with Gasteiger partial charge < -0.3 is 15.1 Å². The van der Waals surface area contributed by atoms with Crippen molar-refractivity contribution in [3.8, 4) is 5.75 Å². The Labute approximate surface area is 128 Å². The zero-order valence-corrected chi connectivity index (χ0v) is 12.7. The summed E-state index contributed by atoms with van der Waals surface area (Å²) in [5.41, 5.74) is 0.552. The number of hydrogen-bond donors (Lipinski definition) is 3. The highest BCUT2D eigenvalue weighted by atomic mass is 32.2. The van der Waals surface area contributed by atoms with Crippen LogP contribution in [0.4, 0.5) is 5.69 Å². The summed E-state index contributed by atoms with van der Waals surface area (Å²) in [4.78, 5) is 14.9. The third-order valence-corrected chi connectivity index (χ3v) is 4.31. The number of piperazine rings is 1. The van der Waals surface area contributed by atoms with Crippen molar-refractivity contribution < 1.29 is 28.0 Å². The smallest absolute Gasteiger partial charge is 0.339 e. The zero-order valence-electron chi connectivity index (χ0n) is 11.8. The number of phenols is 1. The predicted octanol–water partition coefficient (Wildman–Crippen LogP) is 0.100. The third-order valence-electron chi connectivity index (χ3n) is 3.61. The number of carboxylic acid groups (broad SMARTS) is 1. The minimum absolute atomic E-state index is 0.147. The van der Waals surface area contributed by atoms with Gasteiger partial charge >= 0.3 is 5.97 Å². The van der Waals surface area contributed by atoms with E-state index in [9.17, 15) is 18.3 Å². The highest BCUT2D eigenvalue weighted by Crippen LogP contribution is 2.25. The number of carbonyl (C=O) groups is 1. The van der Waals surface area contributed by atoms with Crippen molar-refractivity contribution in [1.82, 2.24) is 4.90 Å². The van der Waals surface area contributed by atoms with Crippen LogP contribution in [0.1, 0.15) is 10.4 Å². The van der Waals surface area contributed by atoms with Gasteiger partial charge in [0.25, 0.3) is 10.1 Å². The van der Waals surface area contributed by atoms with Crippen LogP contribution in [0.15, 0.2) is 18.2 Å². The van der Waals surface area contributed by atoms with Gasteiger partial charge in [0.05, 0.1) is 5.75 Å². The second-order valence-corrected chi connectivity index (χ2v) is 6.69. The van der Waals surface area contributed by atoms with Crippen LogP contribution in [0.25, 0.3) is 0 Å². The maximum Gasteiger partial charge on any atom is 0.339 e. The summed E-state index contributed by atoms with van der Waals surface area (Å²) in [6, 6.07) is 4.42. The molecule has 0 amide bonds. The highest BCUT2D eigenvalue weighted by Gasteiger charge is 2.20. The van der Waals surface area contributed by atoms with E-state index >= 15 is 0 Å². The average Bonchev–Trinajstić information content (AvgIpc) is 2.45. The minimum Gasteiger partial charge on any atom is -0.507 e. The van der Waals surface area contributed by atoms with E-state index < -0.39 is 16.1 Å². The van der Waals surface area contributed by atoms with Crippen LogP contribution in [-0.2, 0) is 10.1 Å². The molecule has 3 N–H and O–H groups in total. The molecule has 1 fully saturated rings. The number of anilines is 1. The zero-order chi connectivity index (χ0) is 16.3. The van der Waals surface area contributed by atoms with Crippen LogP contribution in [0, 0.1) is 0 Å². The van der Waals surface area contributed by atoms with Gasteiger partial charge in [0.1, 0.15) is 11.3 Å². The Kier molecular flexibility index (Phi) is 4.89. The molecule has 122 valence electrons. The molecular weight excluding hydrogens is 312 g/mol. The summed E-state index contributed by atoms with van der Waals surface area (Å²) in [5, 5.41) is 18.5. The summed E-state index contributed by atoms with van der Waals surface area (Å²) in [5.74, 6) is -1.76. The van der Waals surface area contributed by atoms with E-state index in [1.165, 1.54) is 12.1 Å². The molecule has 1 aromatic carbocycles. The van der Waals surface area contributed by atoms with Crippen LogP contribution in [0.5, 0.6) is 5.75 Å². The van der Waals surface area contributed by atoms with Crippen molar-refractivity contribution in [3.63, 3.8) is 0 Å². The van der Waals surface area contributed by atoms with E-state index in [4.69, 9.17) is 9.66 Å². The molecule has 1 aliphatic heterocycles. The molecule has 9 heteroatoms. The fourth-order valence-electron chi connectivity index (χ4n) is 2.37. The van der Waals surface area contributed by atoms with Crippen LogP contribution in [0.2, 0.25) is 0 Å². The Morgan fingerprint density at radius 1 is 1.18 bits per heavy atom. The maximum atomic E-state index is 11.0. The van der Waals surface area contributed by atoms with Crippen molar-refractivity contribution in [2.24, 2.45) is 0 Å². The first-order valence-electron chi connectivity index (χ1n) is 6.75. The van der Waals surface area contributed by atoms with Crippen molar-refractivity contribution in [2.75, 3.05) is 43.4 Å². The molecule has 1 heterocycles. The predicted molar refractivity (Wildman–Crippen MR) is 80.1 cm³/mol. The van der Waals surface area contributed by atoms with Crippen LogP contribution < -0.4 is 4.90 Å². The van der Waals surface area contributed by atoms with E-state index in [-0.39, 0.29) is 23.6 Å².